The highest BCUT2D eigenvalue weighted by molar-refractivity contribution is 5.59. The second kappa shape index (κ2) is 2.95. The smallest absolute Gasteiger partial charge is 0.120 e. The fourth-order valence-corrected chi connectivity index (χ4v) is 1.70. The van der Waals surface area contributed by atoms with Crippen LogP contribution < -0.4 is 5.32 Å². The lowest BCUT2D eigenvalue weighted by atomic mass is 10.2. The first-order valence-electron chi connectivity index (χ1n) is 4.61. The van der Waals surface area contributed by atoms with E-state index in [9.17, 15) is 0 Å². The fourth-order valence-electron chi connectivity index (χ4n) is 1.70. The first kappa shape index (κ1) is 7.75. The van der Waals surface area contributed by atoms with Crippen LogP contribution in [-0.2, 0) is 13.1 Å². The molecule has 0 amide bonds. The quantitative estimate of drug-likeness (QED) is 0.717. The van der Waals surface area contributed by atoms with Crippen molar-refractivity contribution in [2.75, 3.05) is 6.54 Å². The number of rotatable bonds is 1. The van der Waals surface area contributed by atoms with E-state index in [1.54, 1.807) is 12.5 Å². The van der Waals surface area contributed by atoms with Gasteiger partial charge in [-0.15, -0.1) is 5.10 Å². The molecule has 5 nitrogen and oxygen atoms in total. The molecule has 3 rings (SSSR count). The fraction of sp³-hybridized carbons (Fsp3) is 0.333. The molecule has 1 aliphatic heterocycles. The van der Waals surface area contributed by atoms with E-state index in [2.05, 4.69) is 15.6 Å². The summed E-state index contributed by atoms with van der Waals surface area (Å²) in [7, 11) is 0. The van der Waals surface area contributed by atoms with Crippen LogP contribution in [-0.4, -0.2) is 21.5 Å². The summed E-state index contributed by atoms with van der Waals surface area (Å²) < 4.78 is 6.98. The van der Waals surface area contributed by atoms with Crippen molar-refractivity contribution in [3.8, 4) is 11.3 Å². The summed E-state index contributed by atoms with van der Waals surface area (Å²) in [5.74, 6) is 0. The molecular weight excluding hydrogens is 180 g/mol. The van der Waals surface area contributed by atoms with Gasteiger partial charge in [0.05, 0.1) is 24.8 Å². The van der Waals surface area contributed by atoms with Gasteiger partial charge in [0.2, 0.25) is 0 Å². The molecule has 0 bridgehead atoms. The maximum atomic E-state index is 5.03. The lowest BCUT2D eigenvalue weighted by Gasteiger charge is -2.14. The minimum atomic E-state index is 0.827. The summed E-state index contributed by atoms with van der Waals surface area (Å²) in [6.07, 6.45) is 3.34. The van der Waals surface area contributed by atoms with Gasteiger partial charge in [-0.05, 0) is 6.07 Å². The predicted molar refractivity (Wildman–Crippen MR) is 49.4 cm³/mol. The molecule has 14 heavy (non-hydrogen) atoms. The molecule has 0 saturated carbocycles. The second-order valence-corrected chi connectivity index (χ2v) is 3.30. The molecule has 2 aromatic heterocycles. The average Bonchev–Trinajstić information content (AvgIpc) is 2.85. The molecule has 0 aromatic carbocycles. The Hall–Kier alpha value is -1.62. The van der Waals surface area contributed by atoms with Crippen molar-refractivity contribution in [1.29, 1.82) is 0 Å². The highest BCUT2D eigenvalue weighted by Gasteiger charge is 2.17. The van der Waals surface area contributed by atoms with Crippen LogP contribution in [0, 0.1) is 0 Å². The van der Waals surface area contributed by atoms with Gasteiger partial charge in [-0.25, -0.2) is 4.68 Å². The summed E-state index contributed by atoms with van der Waals surface area (Å²) in [6.45, 7) is 2.68. The van der Waals surface area contributed by atoms with Gasteiger partial charge in [0, 0.05) is 18.7 Å². The minimum Gasteiger partial charge on any atom is -0.472 e. The first-order chi connectivity index (χ1) is 6.95. The van der Waals surface area contributed by atoms with Gasteiger partial charge >= 0.3 is 0 Å². The summed E-state index contributed by atoms with van der Waals surface area (Å²) in [5.41, 5.74) is 3.05. The van der Waals surface area contributed by atoms with Crippen LogP contribution in [0.4, 0.5) is 0 Å². The zero-order valence-corrected chi connectivity index (χ0v) is 7.60. The van der Waals surface area contributed by atoms with E-state index in [-0.39, 0.29) is 0 Å². The van der Waals surface area contributed by atoms with Crippen molar-refractivity contribution in [3.05, 3.63) is 24.3 Å². The summed E-state index contributed by atoms with van der Waals surface area (Å²) in [5, 5.41) is 11.5. The van der Waals surface area contributed by atoms with E-state index in [1.807, 2.05) is 10.7 Å². The number of hydrogen-bond acceptors (Lipinski definition) is 4. The standard InChI is InChI=1S/C9H10N4O/c1-4-14-6-7(1)9-8-5-10-2-3-13(8)12-11-9/h1,4,6,10H,2-3,5H2. The Morgan fingerprint density at radius 2 is 2.50 bits per heavy atom. The monoisotopic (exact) mass is 190 g/mol. The molecule has 0 radical (unpaired) electrons. The molecule has 2 aromatic rings. The maximum Gasteiger partial charge on any atom is 0.120 e. The van der Waals surface area contributed by atoms with Crippen molar-refractivity contribution in [2.45, 2.75) is 13.1 Å². The lowest BCUT2D eigenvalue weighted by molar-refractivity contribution is 0.468. The van der Waals surface area contributed by atoms with Gasteiger partial charge < -0.3 is 9.73 Å². The second-order valence-electron chi connectivity index (χ2n) is 3.30. The van der Waals surface area contributed by atoms with Gasteiger partial charge in [0.15, 0.2) is 0 Å². The molecule has 72 valence electrons. The number of nitrogens with zero attached hydrogens (tertiary/aromatic N) is 3. The molecule has 3 heterocycles. The molecule has 0 saturated heterocycles. The molecule has 0 fully saturated rings. The number of furan rings is 1. The SMILES string of the molecule is c1cc(-c2nnn3c2CNCC3)co1. The van der Waals surface area contributed by atoms with Crippen molar-refractivity contribution < 1.29 is 4.42 Å². The minimum absolute atomic E-state index is 0.827. The topological polar surface area (TPSA) is 55.9 Å². The zero-order chi connectivity index (χ0) is 9.38. The van der Waals surface area contributed by atoms with Crippen LogP contribution in [0.2, 0.25) is 0 Å². The largest absolute Gasteiger partial charge is 0.472 e. The Balaban J connectivity index is 2.11. The average molecular weight is 190 g/mol. The molecule has 5 heteroatoms. The Morgan fingerprint density at radius 3 is 3.36 bits per heavy atom. The van der Waals surface area contributed by atoms with Crippen molar-refractivity contribution >= 4 is 0 Å². The maximum absolute atomic E-state index is 5.03. The van der Waals surface area contributed by atoms with E-state index in [0.29, 0.717) is 0 Å². The highest BCUT2D eigenvalue weighted by Crippen LogP contribution is 2.22. The van der Waals surface area contributed by atoms with E-state index in [0.717, 1.165) is 36.6 Å². The van der Waals surface area contributed by atoms with E-state index < -0.39 is 0 Å². The zero-order valence-electron chi connectivity index (χ0n) is 7.60. The number of aromatic nitrogens is 3. The Labute approximate surface area is 80.7 Å². The Morgan fingerprint density at radius 1 is 1.50 bits per heavy atom. The van der Waals surface area contributed by atoms with Crippen molar-refractivity contribution in [2.24, 2.45) is 0 Å². The molecule has 1 aliphatic rings. The van der Waals surface area contributed by atoms with Gasteiger partial charge in [0.1, 0.15) is 5.69 Å². The van der Waals surface area contributed by atoms with E-state index in [1.165, 1.54) is 0 Å². The Kier molecular flexibility index (Phi) is 1.63. The number of fused-ring (bicyclic) bond motifs is 1. The van der Waals surface area contributed by atoms with Crippen LogP contribution in [0.25, 0.3) is 11.3 Å². The molecule has 0 unspecified atom stereocenters. The summed E-state index contributed by atoms with van der Waals surface area (Å²) in [6, 6.07) is 1.90. The third-order valence-electron chi connectivity index (χ3n) is 2.43. The predicted octanol–water partition coefficient (Wildman–Crippen LogP) is 0.641. The van der Waals surface area contributed by atoms with Crippen LogP contribution in [0.5, 0.6) is 0 Å². The lowest BCUT2D eigenvalue weighted by Crippen LogP contribution is -2.28. The normalized spacial score (nSPS) is 15.4. The van der Waals surface area contributed by atoms with Gasteiger partial charge in [0.25, 0.3) is 0 Å². The van der Waals surface area contributed by atoms with Gasteiger partial charge in [-0.3, -0.25) is 0 Å². The van der Waals surface area contributed by atoms with Crippen LogP contribution >= 0.6 is 0 Å². The summed E-state index contributed by atoms with van der Waals surface area (Å²) >= 11 is 0. The molecule has 0 spiro atoms. The van der Waals surface area contributed by atoms with Crippen LogP contribution in [0.1, 0.15) is 5.69 Å². The molecule has 0 atom stereocenters. The molecular formula is C9H10N4O. The van der Waals surface area contributed by atoms with Crippen LogP contribution in [0.3, 0.4) is 0 Å². The van der Waals surface area contributed by atoms with E-state index in [4.69, 9.17) is 4.42 Å². The third kappa shape index (κ3) is 1.06. The van der Waals surface area contributed by atoms with Crippen molar-refractivity contribution in [3.63, 3.8) is 0 Å². The molecule has 0 aliphatic carbocycles. The molecule has 1 N–H and O–H groups in total. The first-order valence-corrected chi connectivity index (χ1v) is 4.61. The van der Waals surface area contributed by atoms with Gasteiger partial charge in [-0.1, -0.05) is 5.21 Å². The number of nitrogens with one attached hydrogen (secondary N) is 1. The van der Waals surface area contributed by atoms with Crippen LogP contribution in [0.15, 0.2) is 23.0 Å². The summed E-state index contributed by atoms with van der Waals surface area (Å²) in [4.78, 5) is 0. The number of hydrogen-bond donors (Lipinski definition) is 1. The third-order valence-corrected chi connectivity index (χ3v) is 2.43. The van der Waals surface area contributed by atoms with Gasteiger partial charge in [-0.2, -0.15) is 0 Å². The van der Waals surface area contributed by atoms with Crippen molar-refractivity contribution in [1.82, 2.24) is 20.3 Å². The van der Waals surface area contributed by atoms with E-state index >= 15 is 0 Å². The Bertz CT molecular complexity index is 432. The highest BCUT2D eigenvalue weighted by atomic mass is 16.3.